The van der Waals surface area contributed by atoms with Crippen LogP contribution in [0.25, 0.3) is 0 Å². The summed E-state index contributed by atoms with van der Waals surface area (Å²) in [5.74, 6) is 0. The zero-order valence-corrected chi connectivity index (χ0v) is 13.4. The van der Waals surface area contributed by atoms with Gasteiger partial charge in [-0.3, -0.25) is 4.90 Å². The van der Waals surface area contributed by atoms with Crippen LogP contribution in [0.1, 0.15) is 27.4 Å². The summed E-state index contributed by atoms with van der Waals surface area (Å²) in [6.45, 7) is 8.11. The van der Waals surface area contributed by atoms with Crippen molar-refractivity contribution >= 4 is 22.7 Å². The predicted octanol–water partition coefficient (Wildman–Crippen LogP) is 3.25. The highest BCUT2D eigenvalue weighted by molar-refractivity contribution is 7.12. The third kappa shape index (κ3) is 4.69. The molecule has 2 rings (SSSR count). The number of rotatable bonds is 7. The standard InChI is InChI=1S/C14H21N3S2/c1-4-15-7-13-5-6-14(19-13)9-17(3)8-12-10-18-11(2)16-12/h5-6,10,15H,4,7-9H2,1-3H3. The molecule has 0 atom stereocenters. The van der Waals surface area contributed by atoms with E-state index in [9.17, 15) is 0 Å². The number of aromatic nitrogens is 1. The Bertz CT molecular complexity index is 504. The molecule has 0 amide bonds. The third-order valence-electron chi connectivity index (χ3n) is 2.79. The van der Waals surface area contributed by atoms with Gasteiger partial charge in [0.05, 0.1) is 10.7 Å². The first kappa shape index (κ1) is 14.7. The fourth-order valence-electron chi connectivity index (χ4n) is 1.93. The van der Waals surface area contributed by atoms with E-state index in [1.54, 1.807) is 11.3 Å². The van der Waals surface area contributed by atoms with Crippen molar-refractivity contribution < 1.29 is 0 Å². The highest BCUT2D eigenvalue weighted by Crippen LogP contribution is 2.19. The Morgan fingerprint density at radius 3 is 2.74 bits per heavy atom. The zero-order chi connectivity index (χ0) is 13.7. The van der Waals surface area contributed by atoms with Crippen molar-refractivity contribution in [3.05, 3.63) is 38.0 Å². The maximum Gasteiger partial charge on any atom is 0.0897 e. The van der Waals surface area contributed by atoms with E-state index in [2.05, 4.69) is 53.6 Å². The van der Waals surface area contributed by atoms with Crippen molar-refractivity contribution in [1.29, 1.82) is 0 Å². The van der Waals surface area contributed by atoms with Crippen molar-refractivity contribution in [2.24, 2.45) is 0 Å². The summed E-state index contributed by atoms with van der Waals surface area (Å²) in [5, 5.41) is 6.66. The normalized spacial score (nSPS) is 11.4. The Morgan fingerprint density at radius 2 is 2.05 bits per heavy atom. The third-order valence-corrected chi connectivity index (χ3v) is 4.68. The number of hydrogen-bond acceptors (Lipinski definition) is 5. The Morgan fingerprint density at radius 1 is 1.26 bits per heavy atom. The van der Waals surface area contributed by atoms with Crippen LogP contribution in [0, 0.1) is 6.92 Å². The Kier molecular flexibility index (Phi) is 5.51. The lowest BCUT2D eigenvalue weighted by Gasteiger charge is -2.13. The maximum atomic E-state index is 4.51. The summed E-state index contributed by atoms with van der Waals surface area (Å²) in [7, 11) is 2.15. The van der Waals surface area contributed by atoms with E-state index in [4.69, 9.17) is 0 Å². The molecule has 0 aliphatic rings. The summed E-state index contributed by atoms with van der Waals surface area (Å²) >= 11 is 3.62. The molecule has 0 aromatic carbocycles. The second-order valence-corrected chi connectivity index (χ2v) is 6.99. The smallest absolute Gasteiger partial charge is 0.0897 e. The maximum absolute atomic E-state index is 4.51. The van der Waals surface area contributed by atoms with E-state index in [0.29, 0.717) is 0 Å². The average molecular weight is 295 g/mol. The quantitative estimate of drug-likeness (QED) is 0.850. The lowest BCUT2D eigenvalue weighted by atomic mass is 10.3. The molecule has 0 saturated carbocycles. The van der Waals surface area contributed by atoms with E-state index in [-0.39, 0.29) is 0 Å². The van der Waals surface area contributed by atoms with E-state index in [0.717, 1.165) is 31.2 Å². The van der Waals surface area contributed by atoms with Crippen molar-refractivity contribution in [2.75, 3.05) is 13.6 Å². The van der Waals surface area contributed by atoms with Crippen LogP contribution in [-0.4, -0.2) is 23.5 Å². The number of thiophene rings is 1. The van der Waals surface area contributed by atoms with Crippen LogP contribution < -0.4 is 5.32 Å². The van der Waals surface area contributed by atoms with Gasteiger partial charge in [0.2, 0.25) is 0 Å². The summed E-state index contributed by atoms with van der Waals surface area (Å²) in [4.78, 5) is 9.66. The molecule has 104 valence electrons. The minimum atomic E-state index is 0.921. The Hall–Kier alpha value is -0.750. The molecule has 0 fully saturated rings. The topological polar surface area (TPSA) is 28.2 Å². The fraction of sp³-hybridized carbons (Fsp3) is 0.500. The first-order valence-electron chi connectivity index (χ1n) is 6.55. The lowest BCUT2D eigenvalue weighted by molar-refractivity contribution is 0.318. The number of nitrogens with zero attached hydrogens (tertiary/aromatic N) is 2. The van der Waals surface area contributed by atoms with Gasteiger partial charge in [0.15, 0.2) is 0 Å². The van der Waals surface area contributed by atoms with Crippen LogP contribution in [0.2, 0.25) is 0 Å². The highest BCUT2D eigenvalue weighted by Gasteiger charge is 2.06. The van der Waals surface area contributed by atoms with Crippen LogP contribution in [0.15, 0.2) is 17.5 Å². The zero-order valence-electron chi connectivity index (χ0n) is 11.8. The highest BCUT2D eigenvalue weighted by atomic mass is 32.1. The molecule has 2 heterocycles. The molecule has 0 saturated heterocycles. The Balaban J connectivity index is 1.84. The molecule has 0 aliphatic carbocycles. The number of thiazole rings is 1. The molecule has 2 aromatic rings. The molecule has 1 N–H and O–H groups in total. The molecule has 19 heavy (non-hydrogen) atoms. The van der Waals surface area contributed by atoms with Gasteiger partial charge in [0.25, 0.3) is 0 Å². The summed E-state index contributed by atoms with van der Waals surface area (Å²) in [6.07, 6.45) is 0. The molecule has 0 radical (unpaired) electrons. The van der Waals surface area contributed by atoms with Crippen LogP contribution in [0.5, 0.6) is 0 Å². The second-order valence-electron chi connectivity index (χ2n) is 4.68. The van der Waals surface area contributed by atoms with Gasteiger partial charge < -0.3 is 5.32 Å². The van der Waals surface area contributed by atoms with Crippen molar-refractivity contribution in [3.8, 4) is 0 Å². The van der Waals surface area contributed by atoms with Gasteiger partial charge in [-0.05, 0) is 32.6 Å². The van der Waals surface area contributed by atoms with Gasteiger partial charge in [-0.1, -0.05) is 6.92 Å². The number of nitrogens with one attached hydrogen (secondary N) is 1. The molecule has 0 spiro atoms. The number of hydrogen-bond donors (Lipinski definition) is 1. The predicted molar refractivity (Wildman–Crippen MR) is 83.7 cm³/mol. The summed E-state index contributed by atoms with van der Waals surface area (Å²) in [5.41, 5.74) is 1.18. The monoisotopic (exact) mass is 295 g/mol. The van der Waals surface area contributed by atoms with Crippen molar-refractivity contribution in [1.82, 2.24) is 15.2 Å². The first-order chi connectivity index (χ1) is 9.17. The van der Waals surface area contributed by atoms with Crippen LogP contribution in [0.4, 0.5) is 0 Å². The molecule has 2 aromatic heterocycles. The molecule has 0 aliphatic heterocycles. The van der Waals surface area contributed by atoms with E-state index < -0.39 is 0 Å². The van der Waals surface area contributed by atoms with Gasteiger partial charge in [-0.25, -0.2) is 4.98 Å². The second kappa shape index (κ2) is 7.14. The number of aryl methyl sites for hydroxylation is 1. The van der Waals surface area contributed by atoms with E-state index in [1.165, 1.54) is 15.4 Å². The minimum absolute atomic E-state index is 0.921. The Labute approximate surface area is 123 Å². The minimum Gasteiger partial charge on any atom is -0.312 e. The largest absolute Gasteiger partial charge is 0.312 e. The van der Waals surface area contributed by atoms with Crippen molar-refractivity contribution in [3.63, 3.8) is 0 Å². The molecular formula is C14H21N3S2. The SMILES string of the molecule is CCNCc1ccc(CN(C)Cc2csc(C)n2)s1. The molecular weight excluding hydrogens is 274 g/mol. The van der Waals surface area contributed by atoms with Gasteiger partial charge in [0.1, 0.15) is 0 Å². The fourth-order valence-corrected chi connectivity index (χ4v) is 3.60. The van der Waals surface area contributed by atoms with E-state index in [1.807, 2.05) is 11.3 Å². The molecule has 5 heteroatoms. The first-order valence-corrected chi connectivity index (χ1v) is 8.25. The molecule has 0 bridgehead atoms. The average Bonchev–Trinajstić information content (AvgIpc) is 2.96. The van der Waals surface area contributed by atoms with Gasteiger partial charge in [-0.2, -0.15) is 0 Å². The van der Waals surface area contributed by atoms with Crippen LogP contribution in [-0.2, 0) is 19.6 Å². The molecule has 0 unspecified atom stereocenters. The summed E-state index contributed by atoms with van der Waals surface area (Å²) in [6, 6.07) is 4.46. The van der Waals surface area contributed by atoms with Crippen LogP contribution >= 0.6 is 22.7 Å². The summed E-state index contributed by atoms with van der Waals surface area (Å²) < 4.78 is 0. The van der Waals surface area contributed by atoms with Gasteiger partial charge >= 0.3 is 0 Å². The lowest BCUT2D eigenvalue weighted by Crippen LogP contribution is -2.16. The van der Waals surface area contributed by atoms with Gasteiger partial charge in [-0.15, -0.1) is 22.7 Å². The van der Waals surface area contributed by atoms with E-state index >= 15 is 0 Å². The molecule has 3 nitrogen and oxygen atoms in total. The van der Waals surface area contributed by atoms with Crippen LogP contribution in [0.3, 0.4) is 0 Å². The van der Waals surface area contributed by atoms with Crippen molar-refractivity contribution in [2.45, 2.75) is 33.5 Å². The van der Waals surface area contributed by atoms with Gasteiger partial charge in [0, 0.05) is 34.8 Å².